The normalized spacial score (nSPS) is 25.9. The van der Waals surface area contributed by atoms with Gasteiger partial charge in [0, 0.05) is 46.3 Å². The monoisotopic (exact) mass is 354 g/mol. The molecule has 1 fully saturated rings. The number of rotatable bonds is 2. The maximum absolute atomic E-state index is 4.27. The molecular weight excluding hydrogens is 327 g/mol. The molecule has 4 nitrogen and oxygen atoms in total. The van der Waals surface area contributed by atoms with Gasteiger partial charge in [-0.15, -0.1) is 24.0 Å². The second-order valence-electron chi connectivity index (χ2n) is 5.22. The summed E-state index contributed by atoms with van der Waals surface area (Å²) >= 11 is 0. The predicted molar refractivity (Wildman–Crippen MR) is 85.3 cm³/mol. The highest BCUT2D eigenvalue weighted by Gasteiger charge is 2.31. The van der Waals surface area contributed by atoms with Crippen molar-refractivity contribution in [3.63, 3.8) is 0 Å². The van der Waals surface area contributed by atoms with Crippen LogP contribution in [0.2, 0.25) is 0 Å². The van der Waals surface area contributed by atoms with Crippen LogP contribution in [0.4, 0.5) is 0 Å². The number of halogens is 1. The summed E-state index contributed by atoms with van der Waals surface area (Å²) in [7, 11) is 5.88. The maximum atomic E-state index is 4.27. The fraction of sp³-hybridized carbons (Fsp3) is 0.917. The first-order chi connectivity index (χ1) is 7.45. The van der Waals surface area contributed by atoms with Gasteiger partial charge in [0.05, 0.1) is 0 Å². The first-order valence-corrected chi connectivity index (χ1v) is 6.10. The fourth-order valence-electron chi connectivity index (χ4n) is 2.17. The van der Waals surface area contributed by atoms with Crippen molar-refractivity contribution >= 4 is 29.9 Å². The van der Waals surface area contributed by atoms with Crippen LogP contribution in [0.25, 0.3) is 0 Å². The molecule has 1 aliphatic heterocycles. The van der Waals surface area contributed by atoms with Crippen molar-refractivity contribution in [1.29, 1.82) is 0 Å². The zero-order chi connectivity index (χ0) is 12.3. The van der Waals surface area contributed by atoms with Gasteiger partial charge >= 0.3 is 0 Å². The molecule has 1 aliphatic rings. The van der Waals surface area contributed by atoms with Crippen LogP contribution in [0.3, 0.4) is 0 Å². The Labute approximate surface area is 123 Å². The van der Waals surface area contributed by atoms with E-state index in [0.29, 0.717) is 18.0 Å². The molecule has 0 aromatic rings. The lowest BCUT2D eigenvalue weighted by atomic mass is 10.1. The molecule has 5 heteroatoms. The first kappa shape index (κ1) is 17.0. The molecule has 0 aromatic heterocycles. The van der Waals surface area contributed by atoms with E-state index in [4.69, 9.17) is 0 Å². The van der Waals surface area contributed by atoms with Crippen LogP contribution in [0.1, 0.15) is 20.8 Å². The Balaban J connectivity index is 0.00000256. The highest BCUT2D eigenvalue weighted by Crippen LogP contribution is 2.18. The van der Waals surface area contributed by atoms with Crippen LogP contribution in [0.5, 0.6) is 0 Å². The van der Waals surface area contributed by atoms with Gasteiger partial charge in [0.2, 0.25) is 0 Å². The van der Waals surface area contributed by atoms with Crippen LogP contribution in [0, 0.1) is 5.92 Å². The van der Waals surface area contributed by atoms with Gasteiger partial charge < -0.3 is 10.2 Å². The molecule has 0 radical (unpaired) electrons. The lowest BCUT2D eigenvalue weighted by Gasteiger charge is -2.24. The third kappa shape index (κ3) is 4.62. The van der Waals surface area contributed by atoms with Gasteiger partial charge in [0.25, 0.3) is 0 Å². The molecular formula is C12H27IN4. The minimum Gasteiger partial charge on any atom is -0.352 e. The maximum Gasteiger partial charge on any atom is 0.193 e. The summed E-state index contributed by atoms with van der Waals surface area (Å²) in [6, 6.07) is 1.15. The molecule has 0 bridgehead atoms. The Hall–Kier alpha value is -0.0400. The smallest absolute Gasteiger partial charge is 0.193 e. The summed E-state index contributed by atoms with van der Waals surface area (Å²) in [4.78, 5) is 8.82. The Morgan fingerprint density at radius 1 is 1.35 bits per heavy atom. The quantitative estimate of drug-likeness (QED) is 0.463. The van der Waals surface area contributed by atoms with E-state index >= 15 is 0 Å². The van der Waals surface area contributed by atoms with Gasteiger partial charge in [-0.2, -0.15) is 0 Å². The van der Waals surface area contributed by atoms with Gasteiger partial charge in [-0.05, 0) is 19.8 Å². The number of nitrogens with one attached hydrogen (secondary N) is 1. The van der Waals surface area contributed by atoms with Crippen LogP contribution in [-0.4, -0.2) is 62.1 Å². The average Bonchev–Trinajstić information content (AvgIpc) is 2.56. The van der Waals surface area contributed by atoms with Crippen molar-refractivity contribution in [3.05, 3.63) is 0 Å². The molecule has 17 heavy (non-hydrogen) atoms. The van der Waals surface area contributed by atoms with Gasteiger partial charge in [0.15, 0.2) is 5.96 Å². The van der Waals surface area contributed by atoms with E-state index in [1.54, 1.807) is 0 Å². The molecule has 2 unspecified atom stereocenters. The zero-order valence-electron chi connectivity index (χ0n) is 11.9. The lowest BCUT2D eigenvalue weighted by molar-refractivity contribution is 0.265. The van der Waals surface area contributed by atoms with E-state index < -0.39 is 0 Å². The highest BCUT2D eigenvalue weighted by atomic mass is 127. The molecule has 1 heterocycles. The van der Waals surface area contributed by atoms with E-state index in [-0.39, 0.29) is 24.0 Å². The molecule has 1 saturated heterocycles. The Kier molecular flexibility index (Phi) is 7.39. The molecule has 0 spiro atoms. The van der Waals surface area contributed by atoms with Gasteiger partial charge in [0.1, 0.15) is 0 Å². The number of aliphatic imine (C=N–C) groups is 1. The number of nitrogens with zero attached hydrogens (tertiary/aromatic N) is 3. The molecule has 2 atom stereocenters. The Morgan fingerprint density at radius 2 is 1.94 bits per heavy atom. The van der Waals surface area contributed by atoms with E-state index in [2.05, 4.69) is 36.0 Å². The zero-order valence-corrected chi connectivity index (χ0v) is 14.2. The molecule has 0 amide bonds. The SMILES string of the molecule is CN=C(NC1CN(C(C)C)CC1C)N(C)C.I. The van der Waals surface area contributed by atoms with Crippen molar-refractivity contribution in [3.8, 4) is 0 Å². The van der Waals surface area contributed by atoms with E-state index in [1.807, 2.05) is 26.0 Å². The number of likely N-dealkylation sites (tertiary alicyclic amines) is 1. The van der Waals surface area contributed by atoms with E-state index in [9.17, 15) is 0 Å². The van der Waals surface area contributed by atoms with Crippen LogP contribution >= 0.6 is 24.0 Å². The van der Waals surface area contributed by atoms with Crippen molar-refractivity contribution in [1.82, 2.24) is 15.1 Å². The summed E-state index contributed by atoms with van der Waals surface area (Å²) in [5.41, 5.74) is 0. The number of hydrogen-bond donors (Lipinski definition) is 1. The predicted octanol–water partition coefficient (Wildman–Crippen LogP) is 1.47. The fourth-order valence-corrected chi connectivity index (χ4v) is 2.17. The molecule has 1 rings (SSSR count). The number of guanidine groups is 1. The topological polar surface area (TPSA) is 30.9 Å². The average molecular weight is 354 g/mol. The van der Waals surface area contributed by atoms with Crippen molar-refractivity contribution < 1.29 is 0 Å². The van der Waals surface area contributed by atoms with E-state index in [0.717, 1.165) is 12.5 Å². The summed E-state index contributed by atoms with van der Waals surface area (Å²) in [6.07, 6.45) is 0. The standard InChI is InChI=1S/C12H26N4.HI/c1-9(2)16-7-10(3)11(8-16)14-12(13-4)15(5)6;/h9-11H,7-8H2,1-6H3,(H,13,14);1H. The second-order valence-corrected chi connectivity index (χ2v) is 5.22. The third-order valence-corrected chi connectivity index (χ3v) is 3.32. The lowest BCUT2D eigenvalue weighted by Crippen LogP contribution is -2.46. The van der Waals surface area contributed by atoms with Gasteiger partial charge in [-0.1, -0.05) is 6.92 Å². The summed E-state index contributed by atoms with van der Waals surface area (Å²) in [5, 5.41) is 3.53. The Morgan fingerprint density at radius 3 is 2.29 bits per heavy atom. The highest BCUT2D eigenvalue weighted by molar-refractivity contribution is 14.0. The van der Waals surface area contributed by atoms with Crippen LogP contribution < -0.4 is 5.32 Å². The van der Waals surface area contributed by atoms with Crippen LogP contribution in [-0.2, 0) is 0 Å². The van der Waals surface area contributed by atoms with Gasteiger partial charge in [-0.25, -0.2) is 0 Å². The van der Waals surface area contributed by atoms with Gasteiger partial charge in [-0.3, -0.25) is 9.89 Å². The minimum atomic E-state index is 0. The van der Waals surface area contributed by atoms with Crippen LogP contribution in [0.15, 0.2) is 4.99 Å². The van der Waals surface area contributed by atoms with Crippen molar-refractivity contribution in [2.45, 2.75) is 32.9 Å². The largest absolute Gasteiger partial charge is 0.352 e. The summed E-state index contributed by atoms with van der Waals surface area (Å²) < 4.78 is 0. The third-order valence-electron chi connectivity index (χ3n) is 3.32. The van der Waals surface area contributed by atoms with Crippen molar-refractivity contribution in [2.75, 3.05) is 34.2 Å². The molecule has 102 valence electrons. The number of hydrogen-bond acceptors (Lipinski definition) is 2. The van der Waals surface area contributed by atoms with E-state index in [1.165, 1.54) is 6.54 Å². The van der Waals surface area contributed by atoms with Crippen molar-refractivity contribution in [2.24, 2.45) is 10.9 Å². The minimum absolute atomic E-state index is 0. The molecule has 0 aliphatic carbocycles. The summed E-state index contributed by atoms with van der Waals surface area (Å²) in [5.74, 6) is 1.65. The molecule has 0 saturated carbocycles. The molecule has 1 N–H and O–H groups in total. The molecule has 0 aromatic carbocycles. The summed E-state index contributed by atoms with van der Waals surface area (Å²) in [6.45, 7) is 9.13. The first-order valence-electron chi connectivity index (χ1n) is 6.10. The Bertz CT molecular complexity index is 253. The second kappa shape index (κ2) is 7.41.